The van der Waals surface area contributed by atoms with Gasteiger partial charge >= 0.3 is 0 Å². The summed E-state index contributed by atoms with van der Waals surface area (Å²) in [5.74, 6) is -1.57. The van der Waals surface area contributed by atoms with Crippen LogP contribution >= 0.6 is 0 Å². The third kappa shape index (κ3) is 8.36. The molecule has 2 amide bonds. The van der Waals surface area contributed by atoms with E-state index in [0.717, 1.165) is 15.4 Å². The molecule has 4 aromatic rings. The molecule has 1 N–H and O–H groups in total. The molecule has 2 atom stereocenters. The first-order chi connectivity index (χ1) is 21.5. The fourth-order valence-corrected chi connectivity index (χ4v) is 6.48. The summed E-state index contributed by atoms with van der Waals surface area (Å²) in [5, 5.41) is 2.98. The number of nitrogens with zero attached hydrogens (tertiary/aromatic N) is 2. The fourth-order valence-electron chi connectivity index (χ4n) is 5.00. The number of nitrogens with one attached hydrogen (secondary N) is 1. The summed E-state index contributed by atoms with van der Waals surface area (Å²) in [6, 6.07) is 27.4. The molecular formula is C36H40FN3O4S. The first kappa shape index (κ1) is 33.4. The van der Waals surface area contributed by atoms with Crippen molar-refractivity contribution in [2.45, 2.75) is 64.1 Å². The van der Waals surface area contributed by atoms with Crippen molar-refractivity contribution in [2.24, 2.45) is 0 Å². The minimum Gasteiger partial charge on any atom is -0.352 e. The molecule has 0 fully saturated rings. The second-order valence-electron chi connectivity index (χ2n) is 11.2. The number of hydrogen-bond donors (Lipinski definition) is 1. The van der Waals surface area contributed by atoms with Gasteiger partial charge in [-0.1, -0.05) is 91.3 Å². The van der Waals surface area contributed by atoms with Crippen LogP contribution in [0.2, 0.25) is 0 Å². The Morgan fingerprint density at radius 3 is 2.11 bits per heavy atom. The topological polar surface area (TPSA) is 86.8 Å². The average Bonchev–Trinajstić information content (AvgIpc) is 3.03. The van der Waals surface area contributed by atoms with Crippen LogP contribution in [0.15, 0.2) is 108 Å². The van der Waals surface area contributed by atoms with Gasteiger partial charge < -0.3 is 10.2 Å². The Morgan fingerprint density at radius 1 is 0.844 bits per heavy atom. The van der Waals surface area contributed by atoms with Gasteiger partial charge in [0.05, 0.1) is 10.6 Å². The normalized spacial score (nSPS) is 12.6. The molecular weight excluding hydrogens is 589 g/mol. The Kier molecular flexibility index (Phi) is 11.1. The Morgan fingerprint density at radius 2 is 1.47 bits per heavy atom. The standard InChI is InChI=1S/C36H40FN3O4S/c1-5-28(4)38-36(42)34(23-29-14-7-6-8-15-29)39(24-30-16-10-11-17-32(30)37)35(41)25-40(33-18-12-9-13-27(33)3)45(43,44)31-21-19-26(2)20-22-31/h6-22,28,34H,5,23-25H2,1-4H3,(H,38,42)/t28-,34+/m1/s1. The van der Waals surface area contributed by atoms with Gasteiger partial charge in [0, 0.05) is 24.6 Å². The first-order valence-corrected chi connectivity index (χ1v) is 16.5. The van der Waals surface area contributed by atoms with E-state index in [0.29, 0.717) is 17.7 Å². The minimum absolute atomic E-state index is 0.0279. The quantitative estimate of drug-likeness (QED) is 0.191. The summed E-state index contributed by atoms with van der Waals surface area (Å²) in [6.45, 7) is 6.61. The van der Waals surface area contributed by atoms with Crippen LogP contribution in [0.4, 0.5) is 10.1 Å². The maximum absolute atomic E-state index is 15.0. The largest absolute Gasteiger partial charge is 0.352 e. The zero-order chi connectivity index (χ0) is 32.6. The summed E-state index contributed by atoms with van der Waals surface area (Å²) in [7, 11) is -4.22. The summed E-state index contributed by atoms with van der Waals surface area (Å²) >= 11 is 0. The molecule has 0 saturated heterocycles. The molecule has 0 aliphatic carbocycles. The molecule has 45 heavy (non-hydrogen) atoms. The van der Waals surface area contributed by atoms with E-state index in [9.17, 15) is 18.0 Å². The number of amides is 2. The van der Waals surface area contributed by atoms with Gasteiger partial charge in [0.2, 0.25) is 11.8 Å². The smallest absolute Gasteiger partial charge is 0.264 e. The number of aryl methyl sites for hydroxylation is 2. The van der Waals surface area contributed by atoms with E-state index in [4.69, 9.17) is 0 Å². The highest BCUT2D eigenvalue weighted by atomic mass is 32.2. The highest BCUT2D eigenvalue weighted by Gasteiger charge is 2.35. The number of carbonyl (C=O) groups is 2. The van der Waals surface area contributed by atoms with Gasteiger partial charge in [-0.15, -0.1) is 0 Å². The Hall–Kier alpha value is -4.50. The highest BCUT2D eigenvalue weighted by Crippen LogP contribution is 2.28. The highest BCUT2D eigenvalue weighted by molar-refractivity contribution is 7.92. The molecule has 7 nitrogen and oxygen atoms in total. The van der Waals surface area contributed by atoms with Crippen molar-refractivity contribution in [3.63, 3.8) is 0 Å². The second kappa shape index (κ2) is 15.0. The van der Waals surface area contributed by atoms with Crippen molar-refractivity contribution in [1.29, 1.82) is 0 Å². The summed E-state index contributed by atoms with van der Waals surface area (Å²) < 4.78 is 44.5. The van der Waals surface area contributed by atoms with E-state index in [1.165, 1.54) is 23.1 Å². The number of anilines is 1. The zero-order valence-electron chi connectivity index (χ0n) is 26.1. The monoisotopic (exact) mass is 629 g/mol. The van der Waals surface area contributed by atoms with Crippen molar-refractivity contribution >= 4 is 27.5 Å². The molecule has 0 aliphatic heterocycles. The van der Waals surface area contributed by atoms with Crippen LogP contribution in [0.3, 0.4) is 0 Å². The van der Waals surface area contributed by atoms with E-state index in [1.54, 1.807) is 61.5 Å². The zero-order valence-corrected chi connectivity index (χ0v) is 26.9. The molecule has 4 aromatic carbocycles. The van der Waals surface area contributed by atoms with Crippen LogP contribution in [-0.4, -0.2) is 43.8 Å². The van der Waals surface area contributed by atoms with Crippen molar-refractivity contribution in [3.05, 3.63) is 131 Å². The molecule has 0 radical (unpaired) electrons. The second-order valence-corrected chi connectivity index (χ2v) is 13.1. The summed E-state index contributed by atoms with van der Waals surface area (Å²) in [4.78, 5) is 29.7. The van der Waals surface area contributed by atoms with Gasteiger partial charge in [-0.05, 0) is 62.6 Å². The van der Waals surface area contributed by atoms with Crippen LogP contribution in [0, 0.1) is 19.7 Å². The van der Waals surface area contributed by atoms with Gasteiger partial charge in [-0.25, -0.2) is 12.8 Å². The van der Waals surface area contributed by atoms with Crippen molar-refractivity contribution in [3.8, 4) is 0 Å². The molecule has 0 aliphatic rings. The fraction of sp³-hybridized carbons (Fsp3) is 0.278. The first-order valence-electron chi connectivity index (χ1n) is 15.0. The lowest BCUT2D eigenvalue weighted by molar-refractivity contribution is -0.140. The number of benzene rings is 4. The van der Waals surface area contributed by atoms with Crippen LogP contribution in [-0.2, 0) is 32.6 Å². The number of para-hydroxylation sites is 1. The molecule has 0 unspecified atom stereocenters. The molecule has 0 aromatic heterocycles. The Bertz CT molecular complexity index is 1710. The number of hydrogen-bond acceptors (Lipinski definition) is 4. The van der Waals surface area contributed by atoms with Gasteiger partial charge in [-0.3, -0.25) is 13.9 Å². The molecule has 0 saturated carbocycles. The predicted molar refractivity (Wildman–Crippen MR) is 176 cm³/mol. The third-order valence-corrected chi connectivity index (χ3v) is 9.62. The van der Waals surface area contributed by atoms with E-state index in [2.05, 4.69) is 5.32 Å². The minimum atomic E-state index is -4.22. The Balaban J connectivity index is 1.83. The molecule has 0 bridgehead atoms. The third-order valence-electron chi connectivity index (χ3n) is 7.84. The van der Waals surface area contributed by atoms with Gasteiger partial charge in [0.15, 0.2) is 0 Å². The van der Waals surface area contributed by atoms with Gasteiger partial charge in [0.25, 0.3) is 10.0 Å². The van der Waals surface area contributed by atoms with E-state index in [-0.39, 0.29) is 29.5 Å². The van der Waals surface area contributed by atoms with Crippen molar-refractivity contribution < 1.29 is 22.4 Å². The maximum Gasteiger partial charge on any atom is 0.264 e. The summed E-state index contributed by atoms with van der Waals surface area (Å²) in [6.07, 6.45) is 0.819. The van der Waals surface area contributed by atoms with E-state index >= 15 is 4.39 Å². The molecule has 0 heterocycles. The molecule has 236 valence electrons. The van der Waals surface area contributed by atoms with Crippen LogP contribution in [0.5, 0.6) is 0 Å². The van der Waals surface area contributed by atoms with Gasteiger partial charge in [-0.2, -0.15) is 0 Å². The average molecular weight is 630 g/mol. The van der Waals surface area contributed by atoms with E-state index in [1.807, 2.05) is 51.1 Å². The van der Waals surface area contributed by atoms with Crippen molar-refractivity contribution in [2.75, 3.05) is 10.8 Å². The van der Waals surface area contributed by atoms with Crippen LogP contribution < -0.4 is 9.62 Å². The van der Waals surface area contributed by atoms with Crippen molar-refractivity contribution in [1.82, 2.24) is 10.2 Å². The summed E-state index contributed by atoms with van der Waals surface area (Å²) in [5.41, 5.74) is 2.89. The lowest BCUT2D eigenvalue weighted by Gasteiger charge is -2.34. The van der Waals surface area contributed by atoms with Crippen LogP contribution in [0.1, 0.15) is 42.5 Å². The number of carbonyl (C=O) groups excluding carboxylic acids is 2. The lowest BCUT2D eigenvalue weighted by Crippen LogP contribution is -2.54. The lowest BCUT2D eigenvalue weighted by atomic mass is 10.0. The maximum atomic E-state index is 15.0. The van der Waals surface area contributed by atoms with E-state index < -0.39 is 40.2 Å². The molecule has 4 rings (SSSR count). The predicted octanol–water partition coefficient (Wildman–Crippen LogP) is 6.19. The molecule has 0 spiro atoms. The number of halogens is 1. The SMILES string of the molecule is CC[C@@H](C)NC(=O)[C@H](Cc1ccccc1)N(Cc1ccccc1F)C(=O)CN(c1ccccc1C)S(=O)(=O)c1ccc(C)cc1. The Labute approximate surface area is 265 Å². The van der Waals surface area contributed by atoms with Crippen LogP contribution in [0.25, 0.3) is 0 Å². The number of rotatable bonds is 13. The number of sulfonamides is 1. The van der Waals surface area contributed by atoms with Gasteiger partial charge in [0.1, 0.15) is 18.4 Å². The molecule has 9 heteroatoms.